The average Bonchev–Trinajstić information content (AvgIpc) is 3.51. The molecule has 1 fully saturated rings. The Morgan fingerprint density at radius 3 is 2.41 bits per heavy atom. The molecule has 1 amide bonds. The van der Waals surface area contributed by atoms with Crippen LogP contribution in [0.3, 0.4) is 0 Å². The van der Waals surface area contributed by atoms with Crippen LogP contribution in [0.15, 0.2) is 89.8 Å². The first-order valence-corrected chi connectivity index (χ1v) is 12.7. The molecule has 1 unspecified atom stereocenters. The second-order valence-electron chi connectivity index (χ2n) is 8.45. The number of rotatable bonds is 6. The van der Waals surface area contributed by atoms with Crippen LogP contribution in [0.5, 0.6) is 17.2 Å². The number of aryl methyl sites for hydroxylation is 1. The number of halogens is 1. The van der Waals surface area contributed by atoms with Gasteiger partial charge < -0.3 is 14.6 Å². The fourth-order valence-electron chi connectivity index (χ4n) is 4.27. The number of benzene rings is 3. The van der Waals surface area contributed by atoms with Crippen molar-refractivity contribution >= 4 is 46.1 Å². The number of aliphatic hydroxyl groups is 1. The zero-order chi connectivity index (χ0) is 26.1. The van der Waals surface area contributed by atoms with E-state index in [0.29, 0.717) is 28.5 Å². The predicted molar refractivity (Wildman–Crippen MR) is 145 cm³/mol. The predicted octanol–water partition coefficient (Wildman–Crippen LogP) is 7.14. The van der Waals surface area contributed by atoms with Crippen molar-refractivity contribution in [3.8, 4) is 17.2 Å². The fourth-order valence-corrected chi connectivity index (χ4v) is 5.35. The van der Waals surface area contributed by atoms with Gasteiger partial charge in [-0.1, -0.05) is 29.8 Å². The first-order chi connectivity index (χ1) is 17.9. The molecule has 37 heavy (non-hydrogen) atoms. The highest BCUT2D eigenvalue weighted by Crippen LogP contribution is 2.44. The molecule has 5 rings (SSSR count). The molecule has 1 aromatic heterocycles. The Bertz CT molecular complexity index is 1510. The van der Waals surface area contributed by atoms with E-state index < -0.39 is 17.7 Å². The molecule has 0 aliphatic carbocycles. The lowest BCUT2D eigenvalue weighted by molar-refractivity contribution is -0.132. The highest BCUT2D eigenvalue weighted by atomic mass is 35.5. The molecule has 2 heterocycles. The van der Waals surface area contributed by atoms with Gasteiger partial charge in [0.25, 0.3) is 11.7 Å². The van der Waals surface area contributed by atoms with Gasteiger partial charge in [0.15, 0.2) is 0 Å². The highest BCUT2D eigenvalue weighted by molar-refractivity contribution is 7.10. The lowest BCUT2D eigenvalue weighted by Gasteiger charge is -2.24. The van der Waals surface area contributed by atoms with Gasteiger partial charge in [0.05, 0.1) is 17.7 Å². The Balaban J connectivity index is 1.54. The van der Waals surface area contributed by atoms with Gasteiger partial charge in [-0.15, -0.1) is 11.3 Å². The molecule has 1 N–H and O–H groups in total. The first-order valence-electron chi connectivity index (χ1n) is 11.4. The Kier molecular flexibility index (Phi) is 6.74. The summed E-state index contributed by atoms with van der Waals surface area (Å²) < 4.78 is 11.1. The topological polar surface area (TPSA) is 76.1 Å². The number of aliphatic hydroxyl groups excluding tert-OH is 1. The van der Waals surface area contributed by atoms with Crippen LogP contribution in [0.2, 0.25) is 5.02 Å². The number of hydrogen-bond acceptors (Lipinski definition) is 6. The van der Waals surface area contributed by atoms with E-state index in [2.05, 4.69) is 0 Å². The Hall–Kier alpha value is -4.07. The summed E-state index contributed by atoms with van der Waals surface area (Å²) in [4.78, 5) is 28.7. The summed E-state index contributed by atoms with van der Waals surface area (Å²) in [7, 11) is 1.49. The van der Waals surface area contributed by atoms with Crippen molar-refractivity contribution in [3.63, 3.8) is 0 Å². The Morgan fingerprint density at radius 2 is 1.76 bits per heavy atom. The zero-order valence-electron chi connectivity index (χ0n) is 20.0. The minimum atomic E-state index is -0.801. The number of Topliss-reactive ketones (excluding diaryl/α,β-unsaturated/α-hetero) is 1. The summed E-state index contributed by atoms with van der Waals surface area (Å²) in [6.07, 6.45) is 0. The normalized spacial score (nSPS) is 16.7. The molecule has 4 aromatic rings. The first kappa shape index (κ1) is 24.6. The maximum Gasteiger partial charge on any atom is 0.300 e. The number of anilines is 1. The number of ether oxygens (including phenoxy) is 2. The summed E-state index contributed by atoms with van der Waals surface area (Å²) in [5.41, 5.74) is 1.89. The zero-order valence-corrected chi connectivity index (χ0v) is 21.5. The maximum atomic E-state index is 13.3. The van der Waals surface area contributed by atoms with Crippen LogP contribution in [-0.2, 0) is 9.59 Å². The molecule has 8 heteroatoms. The number of ketones is 1. The van der Waals surface area contributed by atoms with Crippen LogP contribution in [-0.4, -0.2) is 23.9 Å². The van der Waals surface area contributed by atoms with Gasteiger partial charge in [-0.3, -0.25) is 14.5 Å². The number of amides is 1. The van der Waals surface area contributed by atoms with E-state index in [1.54, 1.807) is 36.4 Å². The molecule has 3 aromatic carbocycles. The molecule has 1 aliphatic rings. The number of methoxy groups -OCH3 is 1. The number of carbonyl (C=O) groups excluding carboxylic acids is 2. The van der Waals surface area contributed by atoms with E-state index in [1.807, 2.05) is 48.7 Å². The van der Waals surface area contributed by atoms with Crippen molar-refractivity contribution in [2.75, 3.05) is 12.0 Å². The number of hydrogen-bond donors (Lipinski definition) is 1. The number of thiophene rings is 1. The van der Waals surface area contributed by atoms with Gasteiger partial charge >= 0.3 is 0 Å². The molecule has 6 nitrogen and oxygen atoms in total. The van der Waals surface area contributed by atoms with Crippen molar-refractivity contribution in [1.82, 2.24) is 0 Å². The number of nitrogens with zero attached hydrogens (tertiary/aromatic N) is 1. The quantitative estimate of drug-likeness (QED) is 0.163. The molecule has 0 saturated carbocycles. The van der Waals surface area contributed by atoms with Gasteiger partial charge in [0, 0.05) is 16.1 Å². The van der Waals surface area contributed by atoms with Gasteiger partial charge in [-0.25, -0.2) is 0 Å². The largest absolute Gasteiger partial charge is 0.507 e. The Morgan fingerprint density at radius 1 is 0.973 bits per heavy atom. The van der Waals surface area contributed by atoms with Crippen molar-refractivity contribution in [3.05, 3.63) is 111 Å². The fraction of sp³-hybridized carbons (Fsp3) is 0.103. The smallest absolute Gasteiger partial charge is 0.300 e. The second kappa shape index (κ2) is 10.1. The van der Waals surface area contributed by atoms with Gasteiger partial charge in [0.2, 0.25) is 0 Å². The summed E-state index contributed by atoms with van der Waals surface area (Å²) in [6, 6.07) is 22.2. The van der Waals surface area contributed by atoms with Crippen molar-refractivity contribution in [2.24, 2.45) is 0 Å². The van der Waals surface area contributed by atoms with Crippen molar-refractivity contribution < 1.29 is 24.2 Å². The summed E-state index contributed by atoms with van der Waals surface area (Å²) >= 11 is 7.65. The third kappa shape index (κ3) is 4.71. The van der Waals surface area contributed by atoms with E-state index in [9.17, 15) is 14.7 Å². The Labute approximate surface area is 223 Å². The second-order valence-corrected chi connectivity index (χ2v) is 9.83. The minimum absolute atomic E-state index is 0.00577. The molecule has 0 radical (unpaired) electrons. The summed E-state index contributed by atoms with van der Waals surface area (Å²) in [5.74, 6) is -0.0871. The molecular formula is C29H22ClNO5S. The van der Waals surface area contributed by atoms with E-state index in [-0.39, 0.29) is 16.4 Å². The van der Waals surface area contributed by atoms with E-state index in [0.717, 1.165) is 10.4 Å². The molecule has 1 saturated heterocycles. The van der Waals surface area contributed by atoms with E-state index in [4.69, 9.17) is 21.1 Å². The molecule has 0 bridgehead atoms. The van der Waals surface area contributed by atoms with Gasteiger partial charge in [-0.2, -0.15) is 0 Å². The lowest BCUT2D eigenvalue weighted by atomic mass is 9.99. The molecular weight excluding hydrogens is 510 g/mol. The van der Waals surface area contributed by atoms with Gasteiger partial charge in [-0.05, 0) is 78.5 Å². The van der Waals surface area contributed by atoms with Crippen LogP contribution in [0, 0.1) is 6.92 Å². The SMILES string of the molecule is COc1ccc(/C(O)=C2/C(=O)C(=O)N(c3ccc(Oc4cccc(C)c4)cc3)C2c2cccs2)cc1Cl. The van der Waals surface area contributed by atoms with Crippen LogP contribution >= 0.6 is 22.9 Å². The van der Waals surface area contributed by atoms with Gasteiger partial charge in [0.1, 0.15) is 29.0 Å². The van der Waals surface area contributed by atoms with E-state index >= 15 is 0 Å². The van der Waals surface area contributed by atoms with Crippen molar-refractivity contribution in [2.45, 2.75) is 13.0 Å². The summed E-state index contributed by atoms with van der Waals surface area (Å²) in [6.45, 7) is 1.98. The van der Waals surface area contributed by atoms with Crippen molar-refractivity contribution in [1.29, 1.82) is 0 Å². The highest BCUT2D eigenvalue weighted by Gasteiger charge is 2.47. The third-order valence-corrected chi connectivity index (χ3v) is 7.24. The standard InChI is InChI=1S/C29H22ClNO5S/c1-17-5-3-6-21(15-17)36-20-11-9-19(10-12-20)31-26(24-7-4-14-37-24)25(28(33)29(31)34)27(32)18-8-13-23(35-2)22(30)16-18/h3-16,26,32H,1-2H3/b27-25-. The maximum absolute atomic E-state index is 13.3. The molecule has 1 aliphatic heterocycles. The van der Waals surface area contributed by atoms with Crippen LogP contribution in [0.1, 0.15) is 22.0 Å². The molecule has 0 spiro atoms. The summed E-state index contributed by atoms with van der Waals surface area (Å²) in [5, 5.41) is 13.4. The van der Waals surface area contributed by atoms with E-state index in [1.165, 1.54) is 29.4 Å². The lowest BCUT2D eigenvalue weighted by Crippen LogP contribution is -2.29. The monoisotopic (exact) mass is 531 g/mol. The molecule has 1 atom stereocenters. The average molecular weight is 532 g/mol. The van der Waals surface area contributed by atoms with Crippen LogP contribution < -0.4 is 14.4 Å². The minimum Gasteiger partial charge on any atom is -0.507 e. The van der Waals surface area contributed by atoms with Crippen LogP contribution in [0.25, 0.3) is 5.76 Å². The van der Waals surface area contributed by atoms with Crippen LogP contribution in [0.4, 0.5) is 5.69 Å². The third-order valence-electron chi connectivity index (χ3n) is 6.02. The molecule has 186 valence electrons. The number of carbonyl (C=O) groups is 2.